The average Bonchev–Trinajstić information content (AvgIpc) is 3.47. The molecule has 4 aromatic rings. The molecule has 1 aliphatic rings. The van der Waals surface area contributed by atoms with Crippen molar-refractivity contribution in [2.24, 2.45) is 0 Å². The molecule has 1 saturated heterocycles. The van der Waals surface area contributed by atoms with Crippen LogP contribution in [0.1, 0.15) is 29.3 Å². The molecule has 1 fully saturated rings. The zero-order valence-corrected chi connectivity index (χ0v) is 19.0. The Morgan fingerprint density at radius 1 is 1.12 bits per heavy atom. The number of likely N-dealkylation sites (tertiary alicyclic amines) is 1. The molecule has 3 heterocycles. The Morgan fingerprint density at radius 2 is 1.94 bits per heavy atom. The van der Waals surface area contributed by atoms with Gasteiger partial charge in [-0.25, -0.2) is 9.37 Å². The number of hydrogen-bond acceptors (Lipinski definition) is 5. The van der Waals surface area contributed by atoms with E-state index < -0.39 is 0 Å². The van der Waals surface area contributed by atoms with Crippen molar-refractivity contribution in [3.63, 3.8) is 0 Å². The summed E-state index contributed by atoms with van der Waals surface area (Å²) in [6.07, 6.45) is 1.05. The number of nitrogens with one attached hydrogen (secondary N) is 1. The van der Waals surface area contributed by atoms with Gasteiger partial charge in [-0.1, -0.05) is 30.3 Å². The molecule has 1 atom stereocenters. The Labute approximate surface area is 193 Å². The molecule has 2 aromatic heterocycles. The van der Waals surface area contributed by atoms with Crippen LogP contribution in [0.5, 0.6) is 5.75 Å². The third kappa shape index (κ3) is 4.68. The number of fused-ring (bicyclic) bond motifs is 1. The van der Waals surface area contributed by atoms with Crippen LogP contribution >= 0.6 is 0 Å². The number of rotatable bonds is 7. The number of aromatic amines is 1. The summed E-state index contributed by atoms with van der Waals surface area (Å²) < 4.78 is 19.4. The minimum atomic E-state index is -0.357. The Bertz CT molecular complexity index is 1250. The maximum absolute atomic E-state index is 13.8. The fourth-order valence-electron chi connectivity index (χ4n) is 4.49. The summed E-state index contributed by atoms with van der Waals surface area (Å²) in [5, 5.41) is 8.73. The minimum absolute atomic E-state index is 0.251. The van der Waals surface area contributed by atoms with Crippen LogP contribution in [0.25, 0.3) is 10.9 Å². The van der Waals surface area contributed by atoms with E-state index in [1.54, 1.807) is 18.2 Å². The van der Waals surface area contributed by atoms with Gasteiger partial charge >= 0.3 is 0 Å². The number of benzene rings is 2. The molecule has 0 spiro atoms. The first kappa shape index (κ1) is 21.4. The summed E-state index contributed by atoms with van der Waals surface area (Å²) in [6.45, 7) is 3.07. The largest absolute Gasteiger partial charge is 0.484 e. The number of halogens is 1. The topological polar surface area (TPSA) is 57.3 Å². The fourth-order valence-corrected chi connectivity index (χ4v) is 4.49. The first-order valence-electron chi connectivity index (χ1n) is 11.3. The zero-order chi connectivity index (χ0) is 22.8. The maximum Gasteiger partial charge on any atom is 0.165 e. The smallest absolute Gasteiger partial charge is 0.165 e. The van der Waals surface area contributed by atoms with E-state index in [-0.39, 0.29) is 18.2 Å². The number of H-pyrrole nitrogens is 1. The molecule has 0 amide bonds. The molecule has 7 heteroatoms. The van der Waals surface area contributed by atoms with E-state index in [0.29, 0.717) is 5.92 Å². The van der Waals surface area contributed by atoms with Crippen LogP contribution in [0.4, 0.5) is 10.2 Å². The summed E-state index contributed by atoms with van der Waals surface area (Å²) in [6, 6.07) is 19.0. The normalized spacial score (nSPS) is 16.4. The number of para-hydroxylation sites is 2. The highest BCUT2D eigenvalue weighted by Gasteiger charge is 2.27. The van der Waals surface area contributed by atoms with Gasteiger partial charge in [-0.2, -0.15) is 5.10 Å². The van der Waals surface area contributed by atoms with Gasteiger partial charge in [0, 0.05) is 44.1 Å². The van der Waals surface area contributed by atoms with Gasteiger partial charge in [0.05, 0.1) is 16.9 Å². The van der Waals surface area contributed by atoms with Gasteiger partial charge in [-0.15, -0.1) is 0 Å². The van der Waals surface area contributed by atoms with E-state index in [9.17, 15) is 4.39 Å². The number of aromatic nitrogens is 3. The van der Waals surface area contributed by atoms with Crippen LogP contribution in [0.15, 0.2) is 60.7 Å². The molecule has 1 N–H and O–H groups in total. The quantitative estimate of drug-likeness (QED) is 0.446. The standard InChI is InChI=1S/C26H28FN5O/c1-31(2)26-20(13-18-7-3-5-9-23(18)28-26)16-32-12-11-19(15-32)24-14-21(29-30-24)17-33-25-10-6-4-8-22(25)27/h3-10,13-14,19H,11-12,15-17H2,1-2H3,(H,29,30)/t19-/m0/s1. The van der Waals surface area contributed by atoms with E-state index in [0.717, 1.165) is 48.8 Å². The number of anilines is 1. The van der Waals surface area contributed by atoms with Gasteiger partial charge in [0.25, 0.3) is 0 Å². The van der Waals surface area contributed by atoms with Crippen LogP contribution < -0.4 is 9.64 Å². The van der Waals surface area contributed by atoms with E-state index in [4.69, 9.17) is 9.72 Å². The van der Waals surface area contributed by atoms with E-state index in [2.05, 4.69) is 44.3 Å². The lowest BCUT2D eigenvalue weighted by Crippen LogP contribution is -2.22. The molecule has 6 nitrogen and oxygen atoms in total. The number of hydrogen-bond donors (Lipinski definition) is 1. The van der Waals surface area contributed by atoms with Crippen LogP contribution in [0, 0.1) is 5.82 Å². The van der Waals surface area contributed by atoms with Crippen molar-refractivity contribution in [1.29, 1.82) is 0 Å². The molecule has 1 aliphatic heterocycles. The fraction of sp³-hybridized carbons (Fsp3) is 0.308. The predicted molar refractivity (Wildman–Crippen MR) is 128 cm³/mol. The lowest BCUT2D eigenvalue weighted by Gasteiger charge is -2.21. The maximum atomic E-state index is 13.8. The Hall–Kier alpha value is -3.45. The Morgan fingerprint density at radius 3 is 2.79 bits per heavy atom. The second-order valence-electron chi connectivity index (χ2n) is 8.82. The monoisotopic (exact) mass is 445 g/mol. The second kappa shape index (κ2) is 9.19. The Kier molecular flexibility index (Phi) is 5.96. The summed E-state index contributed by atoms with van der Waals surface area (Å²) in [5.74, 6) is 1.27. The van der Waals surface area contributed by atoms with Crippen LogP contribution in [-0.4, -0.2) is 47.3 Å². The number of ether oxygens (including phenoxy) is 1. The molecule has 170 valence electrons. The SMILES string of the molecule is CN(C)c1nc2ccccc2cc1CN1CC[C@H](c2cc(COc3ccccc3F)[nH]n2)C1. The lowest BCUT2D eigenvalue weighted by molar-refractivity contribution is 0.286. The molecule has 5 rings (SSSR count). The molecule has 0 unspecified atom stereocenters. The molecule has 0 bridgehead atoms. The molecular formula is C26H28FN5O. The van der Waals surface area contributed by atoms with Crippen molar-refractivity contribution in [2.75, 3.05) is 32.1 Å². The first-order chi connectivity index (χ1) is 16.1. The number of nitrogens with zero attached hydrogens (tertiary/aromatic N) is 4. The summed E-state index contributed by atoms with van der Waals surface area (Å²) >= 11 is 0. The van der Waals surface area contributed by atoms with Crippen molar-refractivity contribution in [3.8, 4) is 5.75 Å². The highest BCUT2D eigenvalue weighted by atomic mass is 19.1. The van der Waals surface area contributed by atoms with Gasteiger partial charge in [-0.3, -0.25) is 10.00 Å². The predicted octanol–water partition coefficient (Wildman–Crippen LogP) is 4.73. The van der Waals surface area contributed by atoms with E-state index in [1.807, 2.05) is 26.2 Å². The highest BCUT2D eigenvalue weighted by molar-refractivity contribution is 5.81. The third-order valence-corrected chi connectivity index (χ3v) is 6.16. The van der Waals surface area contributed by atoms with Crippen LogP contribution in [0.3, 0.4) is 0 Å². The first-order valence-corrected chi connectivity index (χ1v) is 11.3. The van der Waals surface area contributed by atoms with Crippen LogP contribution in [-0.2, 0) is 13.2 Å². The van der Waals surface area contributed by atoms with E-state index in [1.165, 1.54) is 17.0 Å². The van der Waals surface area contributed by atoms with Gasteiger partial charge < -0.3 is 9.64 Å². The van der Waals surface area contributed by atoms with Crippen molar-refractivity contribution >= 4 is 16.7 Å². The van der Waals surface area contributed by atoms with Gasteiger partial charge in [0.1, 0.15) is 12.4 Å². The average molecular weight is 446 g/mol. The third-order valence-electron chi connectivity index (χ3n) is 6.16. The second-order valence-corrected chi connectivity index (χ2v) is 8.82. The molecule has 33 heavy (non-hydrogen) atoms. The Balaban J connectivity index is 1.24. The highest BCUT2D eigenvalue weighted by Crippen LogP contribution is 2.30. The van der Waals surface area contributed by atoms with Gasteiger partial charge in [-0.05, 0) is 43.3 Å². The zero-order valence-electron chi connectivity index (χ0n) is 19.0. The van der Waals surface area contributed by atoms with Crippen molar-refractivity contribution in [1.82, 2.24) is 20.1 Å². The summed E-state index contributed by atoms with van der Waals surface area (Å²) in [4.78, 5) is 9.44. The lowest BCUT2D eigenvalue weighted by atomic mass is 10.1. The van der Waals surface area contributed by atoms with Crippen molar-refractivity contribution < 1.29 is 9.13 Å². The molecular weight excluding hydrogens is 417 g/mol. The van der Waals surface area contributed by atoms with E-state index >= 15 is 0 Å². The molecule has 0 aliphatic carbocycles. The van der Waals surface area contributed by atoms with Gasteiger partial charge in [0.15, 0.2) is 11.6 Å². The van der Waals surface area contributed by atoms with Gasteiger partial charge in [0.2, 0.25) is 0 Å². The van der Waals surface area contributed by atoms with Crippen molar-refractivity contribution in [3.05, 3.63) is 83.4 Å². The molecule has 0 saturated carbocycles. The number of pyridine rings is 1. The molecule has 2 aromatic carbocycles. The minimum Gasteiger partial charge on any atom is -0.484 e. The van der Waals surface area contributed by atoms with Crippen molar-refractivity contribution in [2.45, 2.75) is 25.5 Å². The summed E-state index contributed by atoms with van der Waals surface area (Å²) in [5.41, 5.74) is 4.14. The summed E-state index contributed by atoms with van der Waals surface area (Å²) in [7, 11) is 4.09. The molecule has 0 radical (unpaired) electrons. The van der Waals surface area contributed by atoms with Crippen LogP contribution in [0.2, 0.25) is 0 Å².